The Bertz CT molecular complexity index is 336. The van der Waals surface area contributed by atoms with Crippen LogP contribution >= 0.6 is 0 Å². The number of hydrogen-bond donors (Lipinski definition) is 1. The van der Waals surface area contributed by atoms with E-state index >= 15 is 0 Å². The highest BCUT2D eigenvalue weighted by atomic mass is 19.1. The zero-order valence-electron chi connectivity index (χ0n) is 10.7. The van der Waals surface area contributed by atoms with Crippen LogP contribution in [0.15, 0.2) is 24.3 Å². The minimum Gasteiger partial charge on any atom is -0.494 e. The Labute approximate surface area is 107 Å². The van der Waals surface area contributed by atoms with Gasteiger partial charge in [-0.3, -0.25) is 0 Å². The van der Waals surface area contributed by atoms with Gasteiger partial charge in [-0.05, 0) is 37.1 Å². The second kappa shape index (κ2) is 7.34. The molecule has 0 unspecified atom stereocenters. The van der Waals surface area contributed by atoms with E-state index in [-0.39, 0.29) is 5.82 Å². The molecule has 1 heterocycles. The Balaban J connectivity index is 1.54. The minimum atomic E-state index is -0.224. The number of nitrogens with one attached hydrogen (secondary N) is 1. The van der Waals surface area contributed by atoms with Crippen LogP contribution in [0.1, 0.15) is 12.8 Å². The maximum Gasteiger partial charge on any atom is 0.123 e. The number of rotatable bonds is 6. The van der Waals surface area contributed by atoms with E-state index < -0.39 is 0 Å². The van der Waals surface area contributed by atoms with E-state index in [1.807, 2.05) is 0 Å². The Morgan fingerprint density at radius 3 is 2.56 bits per heavy atom. The van der Waals surface area contributed by atoms with Gasteiger partial charge in [-0.15, -0.1) is 0 Å². The van der Waals surface area contributed by atoms with Gasteiger partial charge in [0.2, 0.25) is 0 Å². The molecular formula is C14H21FNO2+. The zero-order valence-corrected chi connectivity index (χ0v) is 10.7. The first-order valence-electron chi connectivity index (χ1n) is 6.64. The molecule has 100 valence electrons. The minimum absolute atomic E-state index is 0.224. The first kappa shape index (κ1) is 13.3. The van der Waals surface area contributed by atoms with Crippen LogP contribution in [0.25, 0.3) is 0 Å². The standard InChI is InChI=1S/C14H20FNO2/c15-13-3-5-14(6-4-13)18-10-2-1-7-16-8-11-17-12-9-16/h3-6H,1-2,7-12H2/p+1. The summed E-state index contributed by atoms with van der Waals surface area (Å²) in [5.41, 5.74) is 0. The van der Waals surface area contributed by atoms with Gasteiger partial charge in [-0.1, -0.05) is 0 Å². The van der Waals surface area contributed by atoms with E-state index in [4.69, 9.17) is 9.47 Å². The van der Waals surface area contributed by atoms with Crippen LogP contribution in [0.5, 0.6) is 5.75 Å². The fraction of sp³-hybridized carbons (Fsp3) is 0.571. The summed E-state index contributed by atoms with van der Waals surface area (Å²) in [4.78, 5) is 1.63. The van der Waals surface area contributed by atoms with Gasteiger partial charge in [0.1, 0.15) is 24.7 Å². The number of quaternary nitrogens is 1. The predicted octanol–water partition coefficient (Wildman–Crippen LogP) is 0.900. The summed E-state index contributed by atoms with van der Waals surface area (Å²) in [5, 5.41) is 0. The molecule has 0 spiro atoms. The highest BCUT2D eigenvalue weighted by molar-refractivity contribution is 5.21. The lowest BCUT2D eigenvalue weighted by Crippen LogP contribution is -3.14. The number of benzene rings is 1. The van der Waals surface area contributed by atoms with Crippen LogP contribution in [0.4, 0.5) is 4.39 Å². The summed E-state index contributed by atoms with van der Waals surface area (Å²) >= 11 is 0. The normalized spacial score (nSPS) is 16.7. The number of halogens is 1. The summed E-state index contributed by atoms with van der Waals surface area (Å²) in [6, 6.07) is 6.19. The molecule has 3 nitrogen and oxygen atoms in total. The maximum absolute atomic E-state index is 12.7. The van der Waals surface area contributed by atoms with Crippen LogP contribution in [-0.4, -0.2) is 39.5 Å². The van der Waals surface area contributed by atoms with Gasteiger partial charge >= 0.3 is 0 Å². The van der Waals surface area contributed by atoms with Crippen molar-refractivity contribution in [1.82, 2.24) is 0 Å². The average molecular weight is 254 g/mol. The summed E-state index contributed by atoms with van der Waals surface area (Å²) in [5.74, 6) is 0.522. The lowest BCUT2D eigenvalue weighted by molar-refractivity contribution is -0.908. The lowest BCUT2D eigenvalue weighted by atomic mass is 10.3. The highest BCUT2D eigenvalue weighted by Gasteiger charge is 2.12. The molecule has 1 aliphatic rings. The molecule has 1 aromatic rings. The van der Waals surface area contributed by atoms with E-state index in [1.54, 1.807) is 17.0 Å². The molecule has 1 aromatic carbocycles. The van der Waals surface area contributed by atoms with Crippen molar-refractivity contribution in [2.24, 2.45) is 0 Å². The Morgan fingerprint density at radius 1 is 1.11 bits per heavy atom. The van der Waals surface area contributed by atoms with Crippen LogP contribution in [0, 0.1) is 5.82 Å². The Morgan fingerprint density at radius 2 is 1.83 bits per heavy atom. The van der Waals surface area contributed by atoms with Crippen molar-refractivity contribution >= 4 is 0 Å². The number of ether oxygens (including phenoxy) is 2. The molecular weight excluding hydrogens is 233 g/mol. The molecule has 1 N–H and O–H groups in total. The Hall–Kier alpha value is -1.13. The third kappa shape index (κ3) is 4.63. The van der Waals surface area contributed by atoms with Crippen molar-refractivity contribution in [3.05, 3.63) is 30.1 Å². The largest absolute Gasteiger partial charge is 0.494 e. The van der Waals surface area contributed by atoms with Gasteiger partial charge < -0.3 is 14.4 Å². The maximum atomic E-state index is 12.7. The quantitative estimate of drug-likeness (QED) is 0.762. The van der Waals surface area contributed by atoms with Crippen LogP contribution < -0.4 is 9.64 Å². The zero-order chi connectivity index (χ0) is 12.6. The van der Waals surface area contributed by atoms with Crippen LogP contribution in [0.2, 0.25) is 0 Å². The van der Waals surface area contributed by atoms with Crippen molar-refractivity contribution in [2.75, 3.05) is 39.5 Å². The van der Waals surface area contributed by atoms with Gasteiger partial charge in [-0.2, -0.15) is 0 Å². The molecule has 0 bridgehead atoms. The monoisotopic (exact) mass is 254 g/mol. The highest BCUT2D eigenvalue weighted by Crippen LogP contribution is 2.11. The molecule has 0 amide bonds. The first-order chi connectivity index (χ1) is 8.84. The van der Waals surface area contributed by atoms with Crippen molar-refractivity contribution in [3.8, 4) is 5.75 Å². The third-order valence-corrected chi connectivity index (χ3v) is 3.21. The van der Waals surface area contributed by atoms with Crippen molar-refractivity contribution in [3.63, 3.8) is 0 Å². The van der Waals surface area contributed by atoms with E-state index in [0.29, 0.717) is 6.61 Å². The summed E-state index contributed by atoms with van der Waals surface area (Å²) < 4.78 is 23.5. The topological polar surface area (TPSA) is 22.9 Å². The van der Waals surface area contributed by atoms with Crippen molar-refractivity contribution in [2.45, 2.75) is 12.8 Å². The molecule has 0 aliphatic carbocycles. The SMILES string of the molecule is Fc1ccc(OCCCC[NH+]2CCOCC2)cc1. The number of hydrogen-bond acceptors (Lipinski definition) is 2. The molecule has 0 atom stereocenters. The molecule has 0 radical (unpaired) electrons. The Kier molecular flexibility index (Phi) is 5.42. The molecule has 0 saturated carbocycles. The van der Waals surface area contributed by atoms with E-state index in [9.17, 15) is 4.39 Å². The molecule has 1 fully saturated rings. The number of morpholine rings is 1. The van der Waals surface area contributed by atoms with Crippen LogP contribution in [-0.2, 0) is 4.74 Å². The van der Waals surface area contributed by atoms with Gasteiger partial charge in [0.05, 0.1) is 26.4 Å². The number of unbranched alkanes of at least 4 members (excludes halogenated alkanes) is 1. The van der Waals surface area contributed by atoms with Gasteiger partial charge in [0.15, 0.2) is 0 Å². The van der Waals surface area contributed by atoms with Gasteiger partial charge in [0, 0.05) is 0 Å². The molecule has 1 aliphatic heterocycles. The second-order valence-electron chi connectivity index (χ2n) is 4.62. The van der Waals surface area contributed by atoms with E-state index in [1.165, 1.54) is 18.7 Å². The summed E-state index contributed by atoms with van der Waals surface area (Å²) in [6.45, 7) is 5.92. The van der Waals surface area contributed by atoms with Crippen molar-refractivity contribution < 1.29 is 18.8 Å². The summed E-state index contributed by atoms with van der Waals surface area (Å²) in [6.07, 6.45) is 2.21. The molecule has 0 aromatic heterocycles. The molecule has 4 heteroatoms. The first-order valence-corrected chi connectivity index (χ1v) is 6.64. The fourth-order valence-corrected chi connectivity index (χ4v) is 2.11. The van der Waals surface area contributed by atoms with Crippen LogP contribution in [0.3, 0.4) is 0 Å². The predicted molar refractivity (Wildman–Crippen MR) is 67.5 cm³/mol. The molecule has 1 saturated heterocycles. The third-order valence-electron chi connectivity index (χ3n) is 3.21. The van der Waals surface area contributed by atoms with E-state index in [0.717, 1.165) is 44.9 Å². The lowest BCUT2D eigenvalue weighted by Gasteiger charge is -2.23. The fourth-order valence-electron chi connectivity index (χ4n) is 2.11. The average Bonchev–Trinajstić information content (AvgIpc) is 2.42. The smallest absolute Gasteiger partial charge is 0.123 e. The van der Waals surface area contributed by atoms with Crippen molar-refractivity contribution in [1.29, 1.82) is 0 Å². The molecule has 2 rings (SSSR count). The molecule has 18 heavy (non-hydrogen) atoms. The summed E-state index contributed by atoms with van der Waals surface area (Å²) in [7, 11) is 0. The second-order valence-corrected chi connectivity index (χ2v) is 4.62. The van der Waals surface area contributed by atoms with E-state index in [2.05, 4.69) is 0 Å². The van der Waals surface area contributed by atoms with Gasteiger partial charge in [0.25, 0.3) is 0 Å². The van der Waals surface area contributed by atoms with Gasteiger partial charge in [-0.25, -0.2) is 4.39 Å².